The average molecular weight is 609 g/mol. The number of fused-ring (bicyclic) bond motifs is 4. The van der Waals surface area contributed by atoms with Crippen molar-refractivity contribution in [2.75, 3.05) is 31.6 Å². The van der Waals surface area contributed by atoms with Crippen LogP contribution in [0.1, 0.15) is 62.1 Å². The average Bonchev–Trinajstić information content (AvgIpc) is 3.11. The van der Waals surface area contributed by atoms with Crippen LogP contribution in [0.15, 0.2) is 48.6 Å². The number of nitrogens with zero attached hydrogens (tertiary/aromatic N) is 2. The Kier molecular flexibility index (Phi) is 7.98. The Morgan fingerprint density at radius 3 is 2.72 bits per heavy atom. The van der Waals surface area contributed by atoms with Gasteiger partial charge in [0.2, 0.25) is 5.91 Å². The number of benzene rings is 2. The third kappa shape index (κ3) is 5.42. The van der Waals surface area contributed by atoms with Crippen LogP contribution in [0.5, 0.6) is 5.75 Å². The van der Waals surface area contributed by atoms with E-state index in [1.54, 1.807) is 25.2 Å². The lowest BCUT2D eigenvalue weighted by atomic mass is 9.68. The first kappa shape index (κ1) is 30.0. The van der Waals surface area contributed by atoms with Crippen molar-refractivity contribution in [1.82, 2.24) is 4.90 Å². The Morgan fingerprint density at radius 2 is 1.98 bits per heavy atom. The number of amides is 1. The minimum Gasteiger partial charge on any atom is -0.490 e. The van der Waals surface area contributed by atoms with Gasteiger partial charge in [0.1, 0.15) is 5.75 Å². The summed E-state index contributed by atoms with van der Waals surface area (Å²) in [6.45, 7) is 3.62. The van der Waals surface area contributed by atoms with Gasteiger partial charge in [-0.2, -0.15) is 0 Å². The first-order chi connectivity index (χ1) is 20.5. The fourth-order valence-electron chi connectivity index (χ4n) is 7.53. The zero-order valence-electron chi connectivity index (χ0n) is 24.8. The molecule has 0 radical (unpaired) electrons. The standard InChI is InChI=1S/C34H41ClN2O6/c1-21-5-3-7-29(38)26-11-8-23(26)18-37-19-33(14-4-6-22-15-25(35)10-12-27(22)33)20-43-30-13-9-24(16-28(30)37)34(42,32(40)41)17-31(39)36(21)2/h3,7,9-10,12-13,15-16,21,23,26,29,38,42H,4-6,8,11,14,17-20H2,1-2H3,(H,40,41)/b7-3-/t21-,23+,26-,29+,33+,34+/m1/s1. The van der Waals surface area contributed by atoms with Crippen molar-refractivity contribution < 1.29 is 29.6 Å². The number of ether oxygens (including phenoxy) is 1. The number of halogens is 1. The van der Waals surface area contributed by atoms with E-state index < -0.39 is 30.0 Å². The molecule has 1 amide bonds. The Bertz CT molecular complexity index is 1450. The molecule has 6 atom stereocenters. The van der Waals surface area contributed by atoms with Gasteiger partial charge in [-0.3, -0.25) is 4.79 Å². The second kappa shape index (κ2) is 11.5. The van der Waals surface area contributed by atoms with Crippen molar-refractivity contribution >= 4 is 29.2 Å². The smallest absolute Gasteiger partial charge is 0.340 e. The first-order valence-corrected chi connectivity index (χ1v) is 15.8. The molecule has 2 heterocycles. The van der Waals surface area contributed by atoms with Crippen molar-refractivity contribution in [3.8, 4) is 5.75 Å². The van der Waals surface area contributed by atoms with E-state index in [9.17, 15) is 24.9 Å². The number of anilines is 1. The molecule has 1 saturated carbocycles. The summed E-state index contributed by atoms with van der Waals surface area (Å²) in [6, 6.07) is 10.9. The molecule has 6 rings (SSSR count). The molecule has 9 heteroatoms. The highest BCUT2D eigenvalue weighted by atomic mass is 35.5. The maximum absolute atomic E-state index is 13.3. The lowest BCUT2D eigenvalue weighted by molar-refractivity contribution is -0.165. The fraction of sp³-hybridized carbons (Fsp3) is 0.529. The highest BCUT2D eigenvalue weighted by Gasteiger charge is 2.46. The molecule has 2 aliphatic heterocycles. The van der Waals surface area contributed by atoms with E-state index in [4.69, 9.17) is 16.3 Å². The quantitative estimate of drug-likeness (QED) is 0.404. The number of rotatable bonds is 1. The van der Waals surface area contributed by atoms with E-state index >= 15 is 0 Å². The van der Waals surface area contributed by atoms with Gasteiger partial charge >= 0.3 is 5.97 Å². The molecule has 230 valence electrons. The molecule has 0 saturated heterocycles. The Balaban J connectivity index is 1.46. The van der Waals surface area contributed by atoms with E-state index in [1.165, 1.54) is 16.0 Å². The van der Waals surface area contributed by atoms with Crippen molar-refractivity contribution in [2.45, 2.75) is 75.0 Å². The number of hydrogen-bond acceptors (Lipinski definition) is 6. The van der Waals surface area contributed by atoms with Crippen LogP contribution in [-0.4, -0.2) is 71.0 Å². The summed E-state index contributed by atoms with van der Waals surface area (Å²) in [5.41, 5.74) is 0.571. The number of carbonyl (C=O) groups excluding carboxylic acids is 1. The number of carboxylic acids is 1. The van der Waals surface area contributed by atoms with Crippen LogP contribution in [0.3, 0.4) is 0 Å². The number of aryl methyl sites for hydroxylation is 1. The first-order valence-electron chi connectivity index (χ1n) is 15.4. The minimum atomic E-state index is -2.41. The van der Waals surface area contributed by atoms with Crippen LogP contribution in [0.2, 0.25) is 5.02 Å². The van der Waals surface area contributed by atoms with Crippen LogP contribution in [0.4, 0.5) is 5.69 Å². The van der Waals surface area contributed by atoms with Crippen LogP contribution >= 0.6 is 11.6 Å². The van der Waals surface area contributed by atoms with Crippen LogP contribution in [0, 0.1) is 11.8 Å². The highest BCUT2D eigenvalue weighted by Crippen LogP contribution is 2.47. The largest absolute Gasteiger partial charge is 0.490 e. The van der Waals surface area contributed by atoms with E-state index in [1.807, 2.05) is 25.1 Å². The molecule has 4 aliphatic rings. The fourth-order valence-corrected chi connectivity index (χ4v) is 7.73. The number of hydrogen-bond donors (Lipinski definition) is 3. The van der Waals surface area contributed by atoms with Gasteiger partial charge in [0, 0.05) is 36.6 Å². The topological polar surface area (TPSA) is 111 Å². The van der Waals surface area contributed by atoms with Gasteiger partial charge in [0.25, 0.3) is 0 Å². The maximum Gasteiger partial charge on any atom is 0.340 e. The van der Waals surface area contributed by atoms with Gasteiger partial charge in [0.05, 0.1) is 24.8 Å². The SMILES string of the molecule is C[C@@H]1C/C=C\[C@H](O)[C@@H]2CC[C@H]2CN2C[C@@]3(CCCc4cc(Cl)ccc43)COc3ccc(cc32)[C@](O)(C(=O)O)CC(=O)N1C. The Labute approximate surface area is 257 Å². The van der Waals surface area contributed by atoms with Crippen molar-refractivity contribution in [3.63, 3.8) is 0 Å². The minimum absolute atomic E-state index is 0.0963. The summed E-state index contributed by atoms with van der Waals surface area (Å²) in [5, 5.41) is 33.7. The number of carbonyl (C=O) groups is 2. The zero-order valence-corrected chi connectivity index (χ0v) is 25.6. The Morgan fingerprint density at radius 1 is 1.16 bits per heavy atom. The maximum atomic E-state index is 13.3. The number of carboxylic acid groups (broad SMARTS) is 1. The summed E-state index contributed by atoms with van der Waals surface area (Å²) in [5.74, 6) is -1.01. The normalized spacial score (nSPS) is 33.5. The molecule has 2 aromatic carbocycles. The van der Waals surface area contributed by atoms with Gasteiger partial charge in [-0.15, -0.1) is 0 Å². The molecule has 2 bridgehead atoms. The van der Waals surface area contributed by atoms with Crippen molar-refractivity contribution in [3.05, 3.63) is 70.3 Å². The van der Waals surface area contributed by atoms with Gasteiger partial charge in [-0.1, -0.05) is 35.9 Å². The van der Waals surface area contributed by atoms with Gasteiger partial charge in [0.15, 0.2) is 5.60 Å². The molecule has 3 N–H and O–H groups in total. The summed E-state index contributed by atoms with van der Waals surface area (Å²) in [4.78, 5) is 29.6. The van der Waals surface area contributed by atoms with Gasteiger partial charge in [-0.25, -0.2) is 4.79 Å². The molecule has 1 spiro atoms. The molecule has 2 aromatic rings. The lowest BCUT2D eigenvalue weighted by Gasteiger charge is -2.45. The molecule has 43 heavy (non-hydrogen) atoms. The van der Waals surface area contributed by atoms with E-state index in [0.717, 1.165) is 32.1 Å². The third-order valence-corrected chi connectivity index (χ3v) is 10.7. The third-order valence-electron chi connectivity index (χ3n) is 10.5. The molecular weight excluding hydrogens is 568 g/mol. The van der Waals surface area contributed by atoms with Crippen LogP contribution in [0.25, 0.3) is 0 Å². The van der Waals surface area contributed by atoms with Crippen molar-refractivity contribution in [1.29, 1.82) is 0 Å². The van der Waals surface area contributed by atoms with Crippen LogP contribution in [-0.2, 0) is 27.0 Å². The van der Waals surface area contributed by atoms with E-state index in [2.05, 4.69) is 17.0 Å². The monoisotopic (exact) mass is 608 g/mol. The predicted molar refractivity (Wildman–Crippen MR) is 165 cm³/mol. The molecule has 1 fully saturated rings. The second-order valence-electron chi connectivity index (χ2n) is 13.1. The zero-order chi connectivity index (χ0) is 30.5. The van der Waals surface area contributed by atoms with Crippen molar-refractivity contribution in [2.24, 2.45) is 11.8 Å². The molecule has 2 aliphatic carbocycles. The Hall–Kier alpha value is -3.07. The van der Waals surface area contributed by atoms with Crippen LogP contribution < -0.4 is 9.64 Å². The number of aliphatic hydroxyl groups is 2. The number of aliphatic carboxylic acids is 1. The van der Waals surface area contributed by atoms with E-state index in [-0.39, 0.29) is 28.9 Å². The summed E-state index contributed by atoms with van der Waals surface area (Å²) in [7, 11) is 1.62. The molecule has 8 nitrogen and oxygen atoms in total. The lowest BCUT2D eigenvalue weighted by Crippen LogP contribution is -2.49. The summed E-state index contributed by atoms with van der Waals surface area (Å²) in [6.07, 6.45) is 7.84. The molecule has 0 aromatic heterocycles. The molecular formula is C34H41ClN2O6. The highest BCUT2D eigenvalue weighted by molar-refractivity contribution is 6.30. The molecule has 0 unspecified atom stereocenters. The van der Waals surface area contributed by atoms with E-state index in [0.29, 0.717) is 42.6 Å². The predicted octanol–water partition coefficient (Wildman–Crippen LogP) is 4.67. The van der Waals surface area contributed by atoms with Gasteiger partial charge < -0.3 is 29.9 Å². The summed E-state index contributed by atoms with van der Waals surface area (Å²) >= 11 is 6.39. The second-order valence-corrected chi connectivity index (χ2v) is 13.6. The summed E-state index contributed by atoms with van der Waals surface area (Å²) < 4.78 is 6.54. The number of aliphatic hydroxyl groups excluding tert-OH is 1. The van der Waals surface area contributed by atoms with Gasteiger partial charge in [-0.05, 0) is 98.2 Å².